The molecule has 166 valence electrons. The fourth-order valence-corrected chi connectivity index (χ4v) is 4.11. The summed E-state index contributed by atoms with van der Waals surface area (Å²) in [5.41, 5.74) is 4.48. The van der Waals surface area contributed by atoms with Crippen molar-refractivity contribution in [3.05, 3.63) is 83.9 Å². The number of hydrogen-bond acceptors (Lipinski definition) is 5. The molecule has 0 saturated heterocycles. The lowest BCUT2D eigenvalue weighted by Gasteiger charge is -2.19. The molecule has 0 atom stereocenters. The average molecular weight is 440 g/mol. The van der Waals surface area contributed by atoms with Crippen LogP contribution in [0.4, 0.5) is 17.2 Å². The summed E-state index contributed by atoms with van der Waals surface area (Å²) in [7, 11) is 1.66. The fourth-order valence-electron chi connectivity index (χ4n) is 4.11. The van der Waals surface area contributed by atoms with E-state index in [2.05, 4.69) is 16.3 Å². The van der Waals surface area contributed by atoms with Crippen LogP contribution in [0.15, 0.2) is 72.8 Å². The minimum atomic E-state index is -0.149. The molecular weight excluding hydrogens is 414 g/mol. The van der Waals surface area contributed by atoms with Crippen LogP contribution in [-0.2, 0) is 6.42 Å². The number of aromatic nitrogens is 1. The van der Waals surface area contributed by atoms with E-state index < -0.39 is 0 Å². The number of anilines is 3. The highest BCUT2D eigenvalue weighted by atomic mass is 16.5. The van der Waals surface area contributed by atoms with E-state index in [1.54, 1.807) is 7.11 Å². The topological polar surface area (TPSA) is 63.7 Å². The van der Waals surface area contributed by atoms with E-state index in [4.69, 9.17) is 14.5 Å². The molecule has 2 heterocycles. The lowest BCUT2D eigenvalue weighted by atomic mass is 10.1. The zero-order valence-corrected chi connectivity index (χ0v) is 18.7. The van der Waals surface area contributed by atoms with Gasteiger partial charge in [0.25, 0.3) is 5.91 Å². The summed E-state index contributed by atoms with van der Waals surface area (Å²) in [6.45, 7) is 3.41. The number of hydrogen-bond donors (Lipinski definition) is 1. The Balaban J connectivity index is 1.34. The molecule has 0 spiro atoms. The maximum Gasteiger partial charge on any atom is 0.255 e. The van der Waals surface area contributed by atoms with Crippen LogP contribution in [0.2, 0.25) is 0 Å². The van der Waals surface area contributed by atoms with Gasteiger partial charge < -0.3 is 19.7 Å². The number of methoxy groups -OCH3 is 1. The van der Waals surface area contributed by atoms with Gasteiger partial charge in [0.2, 0.25) is 0 Å². The molecule has 0 fully saturated rings. The average Bonchev–Trinajstić information content (AvgIpc) is 3.26. The van der Waals surface area contributed by atoms with Gasteiger partial charge >= 0.3 is 0 Å². The van der Waals surface area contributed by atoms with E-state index in [9.17, 15) is 4.79 Å². The monoisotopic (exact) mass is 439 g/mol. The van der Waals surface area contributed by atoms with Crippen molar-refractivity contribution in [3.63, 3.8) is 0 Å². The number of nitrogens with zero attached hydrogens (tertiary/aromatic N) is 2. The Bertz CT molecular complexity index is 1300. The molecule has 33 heavy (non-hydrogen) atoms. The molecule has 4 aromatic rings. The molecule has 1 aliphatic heterocycles. The van der Waals surface area contributed by atoms with Gasteiger partial charge in [0.05, 0.1) is 19.2 Å². The molecule has 5 rings (SSSR count). The number of nitrogens with one attached hydrogen (secondary N) is 1. The SMILES string of the molecule is CCOc1ccc(NC(=O)c2ccc(N3CCc4cc5ccc(OC)cc5nc43)cc2)cc1. The Morgan fingerprint density at radius 2 is 1.76 bits per heavy atom. The second kappa shape index (κ2) is 8.82. The lowest BCUT2D eigenvalue weighted by Crippen LogP contribution is -2.15. The number of amides is 1. The summed E-state index contributed by atoms with van der Waals surface area (Å²) in [6.07, 6.45) is 0.935. The Hall–Kier alpha value is -4.06. The van der Waals surface area contributed by atoms with E-state index in [1.807, 2.05) is 73.7 Å². The predicted molar refractivity (Wildman–Crippen MR) is 131 cm³/mol. The van der Waals surface area contributed by atoms with E-state index >= 15 is 0 Å². The highest BCUT2D eigenvalue weighted by Gasteiger charge is 2.23. The zero-order valence-electron chi connectivity index (χ0n) is 18.7. The highest BCUT2D eigenvalue weighted by Crippen LogP contribution is 2.35. The lowest BCUT2D eigenvalue weighted by molar-refractivity contribution is 0.102. The van der Waals surface area contributed by atoms with Crippen LogP contribution in [0, 0.1) is 0 Å². The van der Waals surface area contributed by atoms with E-state index in [-0.39, 0.29) is 5.91 Å². The van der Waals surface area contributed by atoms with Gasteiger partial charge in [0, 0.05) is 34.9 Å². The van der Waals surface area contributed by atoms with Crippen molar-refractivity contribution in [2.75, 3.05) is 30.5 Å². The third-order valence-corrected chi connectivity index (χ3v) is 5.81. The molecule has 0 unspecified atom stereocenters. The molecule has 1 aromatic heterocycles. The second-order valence-electron chi connectivity index (χ2n) is 7.89. The van der Waals surface area contributed by atoms with E-state index in [0.717, 1.165) is 52.6 Å². The van der Waals surface area contributed by atoms with Gasteiger partial charge in [-0.15, -0.1) is 0 Å². The largest absolute Gasteiger partial charge is 0.497 e. The summed E-state index contributed by atoms with van der Waals surface area (Å²) in [4.78, 5) is 19.8. The maximum atomic E-state index is 12.7. The summed E-state index contributed by atoms with van der Waals surface area (Å²) < 4.78 is 10.8. The first kappa shape index (κ1) is 20.8. The van der Waals surface area contributed by atoms with Crippen molar-refractivity contribution >= 4 is 34.0 Å². The van der Waals surface area contributed by atoms with Gasteiger partial charge in [-0.2, -0.15) is 0 Å². The summed E-state index contributed by atoms with van der Waals surface area (Å²) in [6, 6.07) is 23.2. The van der Waals surface area contributed by atoms with Crippen molar-refractivity contribution < 1.29 is 14.3 Å². The third kappa shape index (κ3) is 4.20. The molecule has 0 radical (unpaired) electrons. The molecule has 6 nitrogen and oxygen atoms in total. The third-order valence-electron chi connectivity index (χ3n) is 5.81. The fraction of sp³-hybridized carbons (Fsp3) is 0.185. The van der Waals surface area contributed by atoms with Gasteiger partial charge in [-0.25, -0.2) is 4.98 Å². The molecule has 6 heteroatoms. The molecule has 0 saturated carbocycles. The van der Waals surface area contributed by atoms with Gasteiger partial charge in [-0.05, 0) is 85.6 Å². The van der Waals surface area contributed by atoms with Crippen molar-refractivity contribution in [1.82, 2.24) is 4.98 Å². The van der Waals surface area contributed by atoms with Crippen LogP contribution in [0.3, 0.4) is 0 Å². The van der Waals surface area contributed by atoms with Crippen LogP contribution in [0.25, 0.3) is 10.9 Å². The molecule has 0 aliphatic carbocycles. The summed E-state index contributed by atoms with van der Waals surface area (Å²) >= 11 is 0. The molecule has 3 aromatic carbocycles. The van der Waals surface area contributed by atoms with Crippen molar-refractivity contribution in [2.45, 2.75) is 13.3 Å². The van der Waals surface area contributed by atoms with Crippen molar-refractivity contribution in [3.8, 4) is 11.5 Å². The molecule has 1 N–H and O–H groups in total. The van der Waals surface area contributed by atoms with Gasteiger partial charge in [-0.1, -0.05) is 0 Å². The number of rotatable bonds is 6. The van der Waals surface area contributed by atoms with Crippen LogP contribution >= 0.6 is 0 Å². The Morgan fingerprint density at radius 3 is 2.48 bits per heavy atom. The summed E-state index contributed by atoms with van der Waals surface area (Å²) in [5, 5.41) is 4.04. The van der Waals surface area contributed by atoms with Crippen LogP contribution < -0.4 is 19.7 Å². The minimum Gasteiger partial charge on any atom is -0.497 e. The number of carbonyl (C=O) groups excluding carboxylic acids is 1. The number of carbonyl (C=O) groups is 1. The number of pyridine rings is 1. The number of fused-ring (bicyclic) bond motifs is 2. The van der Waals surface area contributed by atoms with Crippen LogP contribution in [0.1, 0.15) is 22.8 Å². The number of benzene rings is 3. The van der Waals surface area contributed by atoms with Crippen molar-refractivity contribution in [2.24, 2.45) is 0 Å². The minimum absolute atomic E-state index is 0.149. The first-order chi connectivity index (χ1) is 16.1. The smallest absolute Gasteiger partial charge is 0.255 e. The van der Waals surface area contributed by atoms with Crippen LogP contribution in [0.5, 0.6) is 11.5 Å². The van der Waals surface area contributed by atoms with Crippen LogP contribution in [-0.4, -0.2) is 31.2 Å². The number of ether oxygens (including phenoxy) is 2. The highest BCUT2D eigenvalue weighted by molar-refractivity contribution is 6.04. The Morgan fingerprint density at radius 1 is 1.00 bits per heavy atom. The Kier molecular flexibility index (Phi) is 5.57. The molecule has 1 amide bonds. The van der Waals surface area contributed by atoms with Gasteiger partial charge in [0.1, 0.15) is 17.3 Å². The van der Waals surface area contributed by atoms with E-state index in [1.165, 1.54) is 5.56 Å². The van der Waals surface area contributed by atoms with E-state index in [0.29, 0.717) is 12.2 Å². The molecule has 0 bridgehead atoms. The molecule has 1 aliphatic rings. The first-order valence-electron chi connectivity index (χ1n) is 11.0. The normalized spacial score (nSPS) is 12.5. The second-order valence-corrected chi connectivity index (χ2v) is 7.89. The van der Waals surface area contributed by atoms with Gasteiger partial charge in [0.15, 0.2) is 0 Å². The van der Waals surface area contributed by atoms with Gasteiger partial charge in [-0.3, -0.25) is 4.79 Å². The standard InChI is InChI=1S/C27H25N3O3/c1-3-33-23-12-7-21(8-13-23)28-27(31)18-4-9-22(10-5-18)30-15-14-20-16-19-6-11-24(32-2)17-25(19)29-26(20)30/h4-13,16-17H,3,14-15H2,1-2H3,(H,28,31). The quantitative estimate of drug-likeness (QED) is 0.424. The van der Waals surface area contributed by atoms with Crippen molar-refractivity contribution in [1.29, 1.82) is 0 Å². The summed E-state index contributed by atoms with van der Waals surface area (Å²) in [5.74, 6) is 2.39. The zero-order chi connectivity index (χ0) is 22.8. The first-order valence-corrected chi connectivity index (χ1v) is 11.0. The predicted octanol–water partition coefficient (Wildman–Crippen LogP) is 5.59. The maximum absolute atomic E-state index is 12.7. The Labute approximate surface area is 192 Å². The molecular formula is C27H25N3O3.